The van der Waals surface area contributed by atoms with E-state index in [0.29, 0.717) is 25.7 Å². The van der Waals surface area contributed by atoms with Crippen molar-refractivity contribution in [2.75, 3.05) is 26.4 Å². The van der Waals surface area contributed by atoms with E-state index in [0.717, 1.165) is 12.8 Å². The predicted octanol–water partition coefficient (Wildman–Crippen LogP) is -2.38. The minimum atomic E-state index is -1.86. The van der Waals surface area contributed by atoms with Gasteiger partial charge in [-0.2, -0.15) is 0 Å². The highest BCUT2D eigenvalue weighted by Gasteiger charge is 2.72. The molecule has 0 aromatic heterocycles. The van der Waals surface area contributed by atoms with Crippen molar-refractivity contribution >= 4 is 5.78 Å². The highest BCUT2D eigenvalue weighted by molar-refractivity contribution is 5.84. The first-order valence-electron chi connectivity index (χ1n) is 27.2. The molecule has 4 aliphatic carbocycles. The summed E-state index contributed by atoms with van der Waals surface area (Å²) < 4.78 is 48.7. The van der Waals surface area contributed by atoms with E-state index in [2.05, 4.69) is 34.6 Å². The molecule has 4 saturated carbocycles. The first-order valence-corrected chi connectivity index (χ1v) is 27.2. The molecule has 28 atom stereocenters. The third kappa shape index (κ3) is 10.7. The lowest BCUT2D eigenvalue weighted by atomic mass is 9.35. The zero-order valence-corrected chi connectivity index (χ0v) is 44.9. The van der Waals surface area contributed by atoms with Gasteiger partial charge in [-0.25, -0.2) is 0 Å². The number of ketones is 1. The molecule has 4 aliphatic heterocycles. The van der Waals surface area contributed by atoms with Crippen molar-refractivity contribution in [1.82, 2.24) is 0 Å². The van der Waals surface area contributed by atoms with Gasteiger partial charge in [0, 0.05) is 18.3 Å². The lowest BCUT2D eigenvalue weighted by Crippen LogP contribution is -2.67. The number of fused-ring (bicyclic) bond motifs is 5. The summed E-state index contributed by atoms with van der Waals surface area (Å²) >= 11 is 0. The van der Waals surface area contributed by atoms with Gasteiger partial charge in [-0.1, -0.05) is 46.8 Å². The monoisotopic (exact) mass is 1090 g/mol. The maximum absolute atomic E-state index is 15.2. The van der Waals surface area contributed by atoms with E-state index in [9.17, 15) is 71.5 Å². The van der Waals surface area contributed by atoms with Crippen molar-refractivity contribution in [3.63, 3.8) is 0 Å². The van der Waals surface area contributed by atoms with E-state index >= 15 is 4.79 Å². The Hall–Kier alpha value is -1.47. The minimum absolute atomic E-state index is 0.00179. The smallest absolute Gasteiger partial charge is 0.187 e. The molecule has 8 rings (SSSR count). The van der Waals surface area contributed by atoms with Gasteiger partial charge in [0.15, 0.2) is 25.2 Å². The van der Waals surface area contributed by atoms with Crippen LogP contribution in [0.5, 0.6) is 0 Å². The molecule has 0 aromatic rings. The Morgan fingerprint density at radius 1 is 0.632 bits per heavy atom. The number of carbonyl (C=O) groups excluding carboxylic acids is 1. The molecule has 4 saturated heterocycles. The van der Waals surface area contributed by atoms with Crippen LogP contribution in [0, 0.1) is 45.3 Å². The summed E-state index contributed by atoms with van der Waals surface area (Å²) in [4.78, 5) is 15.2. The van der Waals surface area contributed by atoms with Crippen molar-refractivity contribution in [3.8, 4) is 0 Å². The van der Waals surface area contributed by atoms with Crippen molar-refractivity contribution in [3.05, 3.63) is 12.2 Å². The standard InChI is InChI=1S/C53H88O23/c1-23-33(58)36(61)40(65)45(71-23)76-43-42(75-46-41(66)38(63)35(60)28(20-55)73-46)26(57)21-69-47(43)74-31-12-15-50(6)29(49(31,4)5)11-17-51(7)30(50)18-25(56)32-24(10-16-52(32,51)8)53(68,14-9-13-48(2,3)67)22-70-44-39(64)37(62)34(59)27(19-54)72-44/h9,13,23-24,26-47,54-55,57-68H,10-12,14-22H2,1-8H3. The topological polar surface area (TPSA) is 374 Å². The van der Waals surface area contributed by atoms with E-state index in [1.54, 1.807) is 26.0 Å². The van der Waals surface area contributed by atoms with Gasteiger partial charge in [-0.05, 0) is 99.2 Å². The summed E-state index contributed by atoms with van der Waals surface area (Å²) in [5.74, 6) is -1.40. The first kappa shape index (κ1) is 60.6. The van der Waals surface area contributed by atoms with Crippen LogP contribution in [-0.2, 0) is 42.7 Å². The Balaban J connectivity index is 1.04. The maximum atomic E-state index is 15.2. The number of rotatable bonds is 15. The van der Waals surface area contributed by atoms with E-state index in [1.165, 1.54) is 6.92 Å². The fraction of sp³-hybridized carbons (Fsp3) is 0.943. The van der Waals surface area contributed by atoms with E-state index < -0.39 is 187 Å². The van der Waals surface area contributed by atoms with Gasteiger partial charge in [0.1, 0.15) is 91.2 Å². The predicted molar refractivity (Wildman–Crippen MR) is 261 cm³/mol. The van der Waals surface area contributed by atoms with Crippen LogP contribution in [0.4, 0.5) is 0 Å². The number of hydrogen-bond acceptors (Lipinski definition) is 23. The number of carbonyl (C=O) groups is 1. The van der Waals surface area contributed by atoms with Crippen LogP contribution in [0.15, 0.2) is 12.2 Å². The van der Waals surface area contributed by atoms with Gasteiger partial charge in [0.25, 0.3) is 0 Å². The number of ether oxygens (including phenoxy) is 8. The average molecular weight is 1090 g/mol. The molecule has 8 fully saturated rings. The number of aliphatic hydroxyl groups excluding tert-OH is 12. The lowest BCUT2D eigenvalue weighted by molar-refractivity contribution is -0.388. The third-order valence-corrected chi connectivity index (χ3v) is 20.1. The second kappa shape index (κ2) is 22.4. The molecular formula is C53H88O23. The van der Waals surface area contributed by atoms with Gasteiger partial charge in [-0.3, -0.25) is 4.79 Å². The van der Waals surface area contributed by atoms with Gasteiger partial charge in [-0.15, -0.1) is 0 Å². The van der Waals surface area contributed by atoms with Crippen molar-refractivity contribution in [2.24, 2.45) is 45.3 Å². The molecule has 0 spiro atoms. The van der Waals surface area contributed by atoms with Crippen LogP contribution >= 0.6 is 0 Å². The van der Waals surface area contributed by atoms with Crippen LogP contribution in [0.2, 0.25) is 0 Å². The molecule has 4 heterocycles. The number of hydrogen-bond donors (Lipinski definition) is 14. The maximum Gasteiger partial charge on any atom is 0.187 e. The van der Waals surface area contributed by atoms with Gasteiger partial charge in [0.2, 0.25) is 0 Å². The highest BCUT2D eigenvalue weighted by atomic mass is 16.8. The highest BCUT2D eigenvalue weighted by Crippen LogP contribution is 2.75. The Labute approximate surface area is 443 Å². The van der Waals surface area contributed by atoms with Crippen LogP contribution in [0.3, 0.4) is 0 Å². The molecule has 23 heteroatoms. The summed E-state index contributed by atoms with van der Waals surface area (Å²) in [7, 11) is 0. The summed E-state index contributed by atoms with van der Waals surface area (Å²) in [6.07, 6.45) is -23.4. The van der Waals surface area contributed by atoms with Crippen molar-refractivity contribution < 1.29 is 114 Å². The summed E-state index contributed by atoms with van der Waals surface area (Å²) in [5, 5.41) is 151. The Morgan fingerprint density at radius 3 is 1.79 bits per heavy atom. The van der Waals surface area contributed by atoms with Crippen molar-refractivity contribution in [2.45, 2.75) is 241 Å². The number of Topliss-reactive ketones (excluding diaryl/α,β-unsaturated/α-hetero) is 1. The van der Waals surface area contributed by atoms with E-state index in [4.69, 9.17) is 37.9 Å². The van der Waals surface area contributed by atoms with Crippen molar-refractivity contribution in [1.29, 1.82) is 0 Å². The van der Waals surface area contributed by atoms with Crippen LogP contribution in [0.1, 0.15) is 107 Å². The fourth-order valence-electron chi connectivity index (χ4n) is 15.5. The second-order valence-electron chi connectivity index (χ2n) is 25.5. The molecule has 28 unspecified atom stereocenters. The number of aliphatic hydroxyl groups is 14. The lowest BCUT2D eigenvalue weighted by Gasteiger charge is -2.69. The van der Waals surface area contributed by atoms with E-state index in [-0.39, 0.29) is 37.1 Å². The zero-order chi connectivity index (χ0) is 56.0. The largest absolute Gasteiger partial charge is 0.394 e. The van der Waals surface area contributed by atoms with Gasteiger partial charge in [0.05, 0.1) is 49.8 Å². The molecule has 0 bridgehead atoms. The normalized spacial score (nSPS) is 51.7. The van der Waals surface area contributed by atoms with Gasteiger partial charge < -0.3 is 109 Å². The Morgan fingerprint density at radius 2 is 1.18 bits per heavy atom. The molecule has 76 heavy (non-hydrogen) atoms. The fourth-order valence-corrected chi connectivity index (χ4v) is 15.5. The second-order valence-corrected chi connectivity index (χ2v) is 25.5. The summed E-state index contributed by atoms with van der Waals surface area (Å²) in [6, 6.07) is 0. The molecule has 0 radical (unpaired) electrons. The summed E-state index contributed by atoms with van der Waals surface area (Å²) in [5.41, 5.74) is -5.03. The summed E-state index contributed by atoms with van der Waals surface area (Å²) in [6.45, 7) is 13.3. The molecular weight excluding hydrogens is 1000 g/mol. The zero-order valence-electron chi connectivity index (χ0n) is 44.9. The Bertz CT molecular complexity index is 2020. The van der Waals surface area contributed by atoms with Gasteiger partial charge >= 0.3 is 0 Å². The van der Waals surface area contributed by atoms with E-state index in [1.807, 2.05) is 0 Å². The van der Waals surface area contributed by atoms with Crippen LogP contribution in [-0.4, -0.2) is 238 Å². The Kier molecular flexibility index (Phi) is 17.8. The quantitative estimate of drug-likeness (QED) is 0.0601. The molecule has 23 nitrogen and oxygen atoms in total. The first-order chi connectivity index (χ1) is 35.4. The molecule has 8 aliphatic rings. The SMILES string of the molecule is CC1OC(OC2C(OC3CCC4(C)C(CCC5(C)C4CC(=O)C4C(C(O)(CC=CC(C)(C)O)COC6OC(CO)C(O)C(O)C6O)CCC45C)C3(C)C)OCC(O)C2OC2OC(CO)C(O)C(O)C2O)C(O)C(O)C1O. The molecule has 438 valence electrons. The van der Waals surface area contributed by atoms with Crippen LogP contribution in [0.25, 0.3) is 0 Å². The molecule has 0 amide bonds. The molecule has 14 N–H and O–H groups in total. The van der Waals surface area contributed by atoms with Crippen LogP contribution < -0.4 is 0 Å². The third-order valence-electron chi connectivity index (χ3n) is 20.1. The average Bonchev–Trinajstić information content (AvgIpc) is 3.74. The minimum Gasteiger partial charge on any atom is -0.394 e. The molecule has 0 aromatic carbocycles.